The van der Waals surface area contributed by atoms with E-state index in [4.69, 9.17) is 27.9 Å². The minimum Gasteiger partial charge on any atom is -0.402 e. The number of cyclic esters (lactones) is 1. The number of rotatable bonds is 3. The van der Waals surface area contributed by atoms with Crippen LogP contribution < -0.4 is 0 Å². The van der Waals surface area contributed by atoms with Gasteiger partial charge < -0.3 is 4.74 Å². The summed E-state index contributed by atoms with van der Waals surface area (Å²) in [6.07, 6.45) is 1.47. The molecule has 0 radical (unpaired) electrons. The fourth-order valence-corrected chi connectivity index (χ4v) is 2.40. The van der Waals surface area contributed by atoms with Crippen LogP contribution in [-0.4, -0.2) is 16.8 Å². The molecule has 2 aromatic rings. The van der Waals surface area contributed by atoms with Crippen LogP contribution in [-0.2, 0) is 9.53 Å². The smallest absolute Gasteiger partial charge is 0.363 e. The number of nitro benzene ring substituents is 1. The highest BCUT2D eigenvalue weighted by Gasteiger charge is 2.25. The van der Waals surface area contributed by atoms with E-state index >= 15 is 0 Å². The summed E-state index contributed by atoms with van der Waals surface area (Å²) in [6.45, 7) is 0. The zero-order valence-electron chi connectivity index (χ0n) is 11.9. The number of non-ortho nitro benzene ring substituents is 1. The minimum absolute atomic E-state index is 0.0625. The summed E-state index contributed by atoms with van der Waals surface area (Å²) in [5.74, 6) is -0.571. The van der Waals surface area contributed by atoms with Crippen LogP contribution in [0.1, 0.15) is 11.1 Å². The summed E-state index contributed by atoms with van der Waals surface area (Å²) in [4.78, 5) is 26.2. The lowest BCUT2D eigenvalue weighted by molar-refractivity contribution is -0.384. The van der Waals surface area contributed by atoms with Crippen molar-refractivity contribution in [3.8, 4) is 0 Å². The van der Waals surface area contributed by atoms with Gasteiger partial charge in [-0.25, -0.2) is 9.79 Å². The zero-order valence-corrected chi connectivity index (χ0v) is 13.4. The van der Waals surface area contributed by atoms with Crippen molar-refractivity contribution in [1.82, 2.24) is 0 Å². The van der Waals surface area contributed by atoms with Crippen LogP contribution in [0.3, 0.4) is 0 Å². The molecule has 8 heteroatoms. The molecule has 2 aromatic carbocycles. The highest BCUT2D eigenvalue weighted by Crippen LogP contribution is 2.29. The monoisotopic (exact) mass is 362 g/mol. The predicted octanol–water partition coefficient (Wildman–Crippen LogP) is 4.25. The van der Waals surface area contributed by atoms with Crippen molar-refractivity contribution in [2.24, 2.45) is 4.99 Å². The molecule has 0 spiro atoms. The number of esters is 1. The maximum Gasteiger partial charge on any atom is 0.363 e. The molecule has 1 aliphatic rings. The molecule has 0 aliphatic carbocycles. The second-order valence-corrected chi connectivity index (χ2v) is 5.57. The number of hydrogen-bond acceptors (Lipinski definition) is 5. The topological polar surface area (TPSA) is 81.8 Å². The summed E-state index contributed by atoms with van der Waals surface area (Å²) < 4.78 is 5.10. The van der Waals surface area contributed by atoms with Gasteiger partial charge in [-0.1, -0.05) is 35.3 Å². The summed E-state index contributed by atoms with van der Waals surface area (Å²) in [5, 5.41) is 11.3. The van der Waals surface area contributed by atoms with Crippen LogP contribution in [0.2, 0.25) is 10.0 Å². The van der Waals surface area contributed by atoms with Crippen LogP contribution in [0.15, 0.2) is 53.2 Å². The average molecular weight is 363 g/mol. The standard InChI is InChI=1S/C16H8Cl2N2O4/c17-12-3-1-2-10(14(12)18)8-13-16(21)24-15(19-13)9-4-6-11(7-5-9)20(22)23/h1-8H/b13-8-. The number of aliphatic imine (C=N–C) groups is 1. The van der Waals surface area contributed by atoms with E-state index < -0.39 is 10.9 Å². The van der Waals surface area contributed by atoms with Crippen molar-refractivity contribution in [1.29, 1.82) is 0 Å². The molecule has 6 nitrogen and oxygen atoms in total. The van der Waals surface area contributed by atoms with Gasteiger partial charge in [0.05, 0.1) is 15.0 Å². The summed E-state index contributed by atoms with van der Waals surface area (Å²) in [5.41, 5.74) is 0.983. The third-order valence-corrected chi connectivity index (χ3v) is 4.05. The zero-order chi connectivity index (χ0) is 17.3. The average Bonchev–Trinajstić information content (AvgIpc) is 2.93. The van der Waals surface area contributed by atoms with Crippen LogP contribution in [0.5, 0.6) is 0 Å². The molecule has 120 valence electrons. The SMILES string of the molecule is O=C1OC(c2ccc([N+](=O)[O-])cc2)=N/C1=C\c1cccc(Cl)c1Cl. The van der Waals surface area contributed by atoms with Crippen molar-refractivity contribution in [3.63, 3.8) is 0 Å². The predicted molar refractivity (Wildman–Crippen MR) is 90.2 cm³/mol. The normalized spacial score (nSPS) is 15.3. The Morgan fingerprint density at radius 2 is 1.83 bits per heavy atom. The van der Waals surface area contributed by atoms with Crippen molar-refractivity contribution in [3.05, 3.63) is 79.4 Å². The van der Waals surface area contributed by atoms with Crippen molar-refractivity contribution >= 4 is 46.8 Å². The number of carbonyl (C=O) groups excluding carboxylic acids is 1. The number of ether oxygens (including phenoxy) is 1. The lowest BCUT2D eigenvalue weighted by Crippen LogP contribution is -2.05. The van der Waals surface area contributed by atoms with Gasteiger partial charge in [0.25, 0.3) is 5.69 Å². The van der Waals surface area contributed by atoms with E-state index in [1.165, 1.54) is 30.3 Å². The Labute approximate surface area is 146 Å². The van der Waals surface area contributed by atoms with E-state index in [9.17, 15) is 14.9 Å². The Morgan fingerprint density at radius 1 is 1.12 bits per heavy atom. The number of hydrogen-bond donors (Lipinski definition) is 0. The highest BCUT2D eigenvalue weighted by molar-refractivity contribution is 6.43. The van der Waals surface area contributed by atoms with Gasteiger partial charge in [0.1, 0.15) is 0 Å². The molecule has 24 heavy (non-hydrogen) atoms. The molecule has 0 saturated carbocycles. The second-order valence-electron chi connectivity index (χ2n) is 4.78. The van der Waals surface area contributed by atoms with Crippen LogP contribution in [0, 0.1) is 10.1 Å². The minimum atomic E-state index is -0.639. The Hall–Kier alpha value is -2.70. The van der Waals surface area contributed by atoms with Gasteiger partial charge in [0.2, 0.25) is 5.90 Å². The molecule has 0 N–H and O–H groups in total. The quantitative estimate of drug-likeness (QED) is 0.353. The molecule has 0 atom stereocenters. The maximum absolute atomic E-state index is 11.9. The lowest BCUT2D eigenvalue weighted by atomic mass is 10.2. The Balaban J connectivity index is 1.94. The molecule has 0 fully saturated rings. The number of benzene rings is 2. The molecule has 1 heterocycles. The molecule has 0 aromatic heterocycles. The van der Waals surface area contributed by atoms with Gasteiger partial charge in [-0.15, -0.1) is 0 Å². The number of carbonyl (C=O) groups is 1. The first-order valence-electron chi connectivity index (χ1n) is 6.67. The van der Waals surface area contributed by atoms with Crippen molar-refractivity contribution in [2.45, 2.75) is 0 Å². The molecule has 0 saturated heterocycles. The molecule has 3 rings (SSSR count). The largest absolute Gasteiger partial charge is 0.402 e. The Bertz CT molecular complexity index is 905. The molecular formula is C16H8Cl2N2O4. The maximum atomic E-state index is 11.9. The fourth-order valence-electron chi connectivity index (χ4n) is 2.04. The first kappa shape index (κ1) is 16.2. The Kier molecular flexibility index (Phi) is 4.33. The van der Waals surface area contributed by atoms with Gasteiger partial charge in [0, 0.05) is 17.7 Å². The second kappa shape index (κ2) is 6.43. The van der Waals surface area contributed by atoms with Gasteiger partial charge in [0.15, 0.2) is 5.70 Å². The van der Waals surface area contributed by atoms with E-state index in [2.05, 4.69) is 4.99 Å². The number of nitrogens with zero attached hydrogens (tertiary/aromatic N) is 2. The first-order chi connectivity index (χ1) is 11.5. The summed E-state index contributed by atoms with van der Waals surface area (Å²) in [6, 6.07) is 10.5. The van der Waals surface area contributed by atoms with Gasteiger partial charge in [-0.05, 0) is 29.8 Å². The third-order valence-electron chi connectivity index (χ3n) is 3.22. The first-order valence-corrected chi connectivity index (χ1v) is 7.42. The van der Waals surface area contributed by atoms with Crippen LogP contribution in [0.25, 0.3) is 6.08 Å². The van der Waals surface area contributed by atoms with E-state index in [1.807, 2.05) is 0 Å². The van der Waals surface area contributed by atoms with Crippen molar-refractivity contribution < 1.29 is 14.5 Å². The van der Waals surface area contributed by atoms with Crippen LogP contribution >= 0.6 is 23.2 Å². The van der Waals surface area contributed by atoms with Gasteiger partial charge in [-0.2, -0.15) is 0 Å². The number of halogens is 2. The molecule has 0 unspecified atom stereocenters. The molecule has 0 amide bonds. The van der Waals surface area contributed by atoms with E-state index in [0.717, 1.165) is 0 Å². The van der Waals surface area contributed by atoms with Crippen LogP contribution in [0.4, 0.5) is 5.69 Å². The van der Waals surface area contributed by atoms with Gasteiger partial charge >= 0.3 is 5.97 Å². The lowest BCUT2D eigenvalue weighted by Gasteiger charge is -2.00. The number of nitro groups is 1. The summed E-state index contributed by atoms with van der Waals surface area (Å²) >= 11 is 12.0. The molecule has 0 bridgehead atoms. The Morgan fingerprint density at radius 3 is 2.50 bits per heavy atom. The van der Waals surface area contributed by atoms with E-state index in [1.54, 1.807) is 18.2 Å². The van der Waals surface area contributed by atoms with E-state index in [0.29, 0.717) is 21.2 Å². The molecule has 1 aliphatic heterocycles. The third kappa shape index (κ3) is 3.15. The van der Waals surface area contributed by atoms with Gasteiger partial charge in [-0.3, -0.25) is 10.1 Å². The molecular weight excluding hydrogens is 355 g/mol. The van der Waals surface area contributed by atoms with Crippen molar-refractivity contribution in [2.75, 3.05) is 0 Å². The highest BCUT2D eigenvalue weighted by atomic mass is 35.5. The fraction of sp³-hybridized carbons (Fsp3) is 0. The summed E-state index contributed by atoms with van der Waals surface area (Å²) in [7, 11) is 0. The van der Waals surface area contributed by atoms with E-state index in [-0.39, 0.29) is 17.3 Å².